The standard InChI is InChI=1S/C30H28O4/c1-19-5-9-26(13-21(19)3)29(31)33-17-23-7-11-25-12-8-24(16-28(25)15-23)18-34-30(32)27-10-6-20(2)22(4)14-27/h5-16H,17-18H2,1-4H3. The fraction of sp³-hybridized carbons (Fsp3) is 0.200. The zero-order chi connectivity index (χ0) is 24.2. The van der Waals surface area contributed by atoms with Gasteiger partial charge in [-0.15, -0.1) is 0 Å². The third kappa shape index (κ3) is 5.34. The first-order valence-electron chi connectivity index (χ1n) is 11.3. The molecular weight excluding hydrogens is 424 g/mol. The zero-order valence-electron chi connectivity index (χ0n) is 20.0. The normalized spacial score (nSPS) is 10.8. The van der Waals surface area contributed by atoms with Crippen LogP contribution >= 0.6 is 0 Å². The average Bonchev–Trinajstić information content (AvgIpc) is 2.84. The molecule has 0 spiro atoms. The molecular formula is C30H28O4. The van der Waals surface area contributed by atoms with Gasteiger partial charge in [0.1, 0.15) is 13.2 Å². The molecule has 4 heteroatoms. The lowest BCUT2D eigenvalue weighted by Crippen LogP contribution is -2.06. The summed E-state index contributed by atoms with van der Waals surface area (Å²) in [5.41, 5.74) is 7.30. The van der Waals surface area contributed by atoms with Crippen LogP contribution in [0.25, 0.3) is 10.8 Å². The minimum Gasteiger partial charge on any atom is -0.457 e. The van der Waals surface area contributed by atoms with Gasteiger partial charge < -0.3 is 9.47 Å². The second-order valence-corrected chi connectivity index (χ2v) is 8.77. The summed E-state index contributed by atoms with van der Waals surface area (Å²) in [6, 6.07) is 23.0. The van der Waals surface area contributed by atoms with Crippen molar-refractivity contribution in [3.05, 3.63) is 117 Å². The second-order valence-electron chi connectivity index (χ2n) is 8.77. The maximum absolute atomic E-state index is 12.4. The minimum atomic E-state index is -0.338. The number of rotatable bonds is 6. The molecule has 4 aromatic rings. The third-order valence-electron chi connectivity index (χ3n) is 6.19. The number of benzene rings is 4. The van der Waals surface area contributed by atoms with Crippen molar-refractivity contribution >= 4 is 22.7 Å². The molecule has 0 radical (unpaired) electrons. The van der Waals surface area contributed by atoms with Crippen LogP contribution in [0.1, 0.15) is 54.1 Å². The number of ether oxygens (including phenoxy) is 2. The van der Waals surface area contributed by atoms with Gasteiger partial charge in [0.25, 0.3) is 0 Å². The van der Waals surface area contributed by atoms with Crippen LogP contribution in [0.2, 0.25) is 0 Å². The van der Waals surface area contributed by atoms with E-state index < -0.39 is 0 Å². The predicted molar refractivity (Wildman–Crippen MR) is 134 cm³/mol. The summed E-state index contributed by atoms with van der Waals surface area (Å²) in [6.45, 7) is 8.36. The fourth-order valence-electron chi connectivity index (χ4n) is 3.73. The van der Waals surface area contributed by atoms with Gasteiger partial charge in [0, 0.05) is 0 Å². The molecule has 0 fully saturated rings. The Balaban J connectivity index is 1.41. The number of hydrogen-bond donors (Lipinski definition) is 0. The maximum Gasteiger partial charge on any atom is 0.338 e. The van der Waals surface area contributed by atoms with Crippen molar-refractivity contribution < 1.29 is 19.1 Å². The fourth-order valence-corrected chi connectivity index (χ4v) is 3.73. The van der Waals surface area contributed by atoms with Crippen molar-refractivity contribution in [3.63, 3.8) is 0 Å². The number of hydrogen-bond acceptors (Lipinski definition) is 4. The molecule has 0 heterocycles. The Morgan fingerprint density at radius 3 is 1.38 bits per heavy atom. The van der Waals surface area contributed by atoms with Crippen LogP contribution in [0.15, 0.2) is 72.8 Å². The highest BCUT2D eigenvalue weighted by Gasteiger charge is 2.11. The highest BCUT2D eigenvalue weighted by Crippen LogP contribution is 2.20. The maximum atomic E-state index is 12.4. The van der Waals surface area contributed by atoms with Crippen molar-refractivity contribution in [1.82, 2.24) is 0 Å². The number of esters is 2. The molecule has 0 aromatic heterocycles. The zero-order valence-corrected chi connectivity index (χ0v) is 20.0. The van der Waals surface area contributed by atoms with E-state index in [1.54, 1.807) is 12.1 Å². The van der Waals surface area contributed by atoms with Crippen LogP contribution < -0.4 is 0 Å². The van der Waals surface area contributed by atoms with E-state index in [1.807, 2.05) is 88.4 Å². The summed E-state index contributed by atoms with van der Waals surface area (Å²) in [7, 11) is 0. The first-order valence-corrected chi connectivity index (χ1v) is 11.3. The van der Waals surface area contributed by atoms with E-state index >= 15 is 0 Å². The molecule has 0 amide bonds. The average molecular weight is 453 g/mol. The SMILES string of the molecule is Cc1ccc(C(=O)OCc2ccc3ccc(COC(=O)c4ccc(C)c(C)c4)cc3c2)cc1C. The largest absolute Gasteiger partial charge is 0.457 e. The Bertz CT molecular complexity index is 1280. The van der Waals surface area contributed by atoms with Gasteiger partial charge in [-0.2, -0.15) is 0 Å². The summed E-state index contributed by atoms with van der Waals surface area (Å²) in [6.07, 6.45) is 0. The number of carbonyl (C=O) groups is 2. The number of carbonyl (C=O) groups excluding carboxylic acids is 2. The Hall–Kier alpha value is -3.92. The van der Waals surface area contributed by atoms with Gasteiger partial charge in [-0.25, -0.2) is 9.59 Å². The van der Waals surface area contributed by atoms with Crippen molar-refractivity contribution in [2.75, 3.05) is 0 Å². The molecule has 0 N–H and O–H groups in total. The molecule has 0 aliphatic heterocycles. The van der Waals surface area contributed by atoms with Crippen LogP contribution in [0.4, 0.5) is 0 Å². The lowest BCUT2D eigenvalue weighted by atomic mass is 10.0. The summed E-state index contributed by atoms with van der Waals surface area (Å²) in [4.78, 5) is 24.9. The molecule has 0 atom stereocenters. The van der Waals surface area contributed by atoms with Crippen LogP contribution in [0.3, 0.4) is 0 Å². The molecule has 0 bridgehead atoms. The van der Waals surface area contributed by atoms with Gasteiger partial charge in [0.2, 0.25) is 0 Å². The molecule has 0 unspecified atom stereocenters. The van der Waals surface area contributed by atoms with Gasteiger partial charge in [0.05, 0.1) is 11.1 Å². The Labute approximate surface area is 200 Å². The van der Waals surface area contributed by atoms with Crippen molar-refractivity contribution in [2.45, 2.75) is 40.9 Å². The van der Waals surface area contributed by atoms with Gasteiger partial charge in [-0.3, -0.25) is 0 Å². The summed E-state index contributed by atoms with van der Waals surface area (Å²) >= 11 is 0. The number of fused-ring (bicyclic) bond motifs is 1. The van der Waals surface area contributed by atoms with Crippen LogP contribution in [0, 0.1) is 27.7 Å². The topological polar surface area (TPSA) is 52.6 Å². The monoisotopic (exact) mass is 452 g/mol. The van der Waals surface area contributed by atoms with E-state index in [2.05, 4.69) is 0 Å². The molecule has 0 saturated carbocycles. The molecule has 0 aliphatic rings. The molecule has 172 valence electrons. The van der Waals surface area contributed by atoms with E-state index in [0.717, 1.165) is 44.2 Å². The van der Waals surface area contributed by atoms with Gasteiger partial charge >= 0.3 is 11.9 Å². The van der Waals surface area contributed by atoms with Crippen LogP contribution in [-0.4, -0.2) is 11.9 Å². The van der Waals surface area contributed by atoms with Crippen LogP contribution in [0.5, 0.6) is 0 Å². The van der Waals surface area contributed by atoms with E-state index in [0.29, 0.717) is 11.1 Å². The summed E-state index contributed by atoms with van der Waals surface area (Å²) < 4.78 is 11.1. The van der Waals surface area contributed by atoms with Crippen molar-refractivity contribution in [3.8, 4) is 0 Å². The number of aryl methyl sites for hydroxylation is 4. The minimum absolute atomic E-state index is 0.188. The predicted octanol–water partition coefficient (Wildman–Crippen LogP) is 6.79. The molecule has 4 rings (SSSR count). The van der Waals surface area contributed by atoms with E-state index in [9.17, 15) is 9.59 Å². The third-order valence-corrected chi connectivity index (χ3v) is 6.19. The molecule has 0 aliphatic carbocycles. The lowest BCUT2D eigenvalue weighted by Gasteiger charge is -2.10. The Morgan fingerprint density at radius 2 is 0.971 bits per heavy atom. The summed E-state index contributed by atoms with van der Waals surface area (Å²) in [5.74, 6) is -0.676. The van der Waals surface area contributed by atoms with Crippen LogP contribution in [-0.2, 0) is 22.7 Å². The molecule has 4 nitrogen and oxygen atoms in total. The Kier molecular flexibility index (Phi) is 6.78. The second kappa shape index (κ2) is 9.92. The first-order chi connectivity index (χ1) is 16.3. The van der Waals surface area contributed by atoms with E-state index in [4.69, 9.17) is 9.47 Å². The van der Waals surface area contributed by atoms with Gasteiger partial charge in [-0.05, 0) is 108 Å². The molecule has 34 heavy (non-hydrogen) atoms. The lowest BCUT2D eigenvalue weighted by molar-refractivity contribution is 0.0464. The van der Waals surface area contributed by atoms with Gasteiger partial charge in [0.15, 0.2) is 0 Å². The highest BCUT2D eigenvalue weighted by molar-refractivity contribution is 5.90. The van der Waals surface area contributed by atoms with Crippen molar-refractivity contribution in [2.24, 2.45) is 0 Å². The van der Waals surface area contributed by atoms with Gasteiger partial charge in [-0.1, -0.05) is 36.4 Å². The van der Waals surface area contributed by atoms with E-state index in [1.165, 1.54) is 0 Å². The smallest absolute Gasteiger partial charge is 0.338 e. The molecule has 0 saturated heterocycles. The Morgan fingerprint density at radius 1 is 0.529 bits per heavy atom. The highest BCUT2D eigenvalue weighted by atomic mass is 16.5. The van der Waals surface area contributed by atoms with Crippen molar-refractivity contribution in [1.29, 1.82) is 0 Å². The summed E-state index contributed by atoms with van der Waals surface area (Å²) in [5, 5.41) is 2.06. The molecule has 4 aromatic carbocycles. The van der Waals surface area contributed by atoms with E-state index in [-0.39, 0.29) is 25.2 Å². The quantitative estimate of drug-likeness (QED) is 0.302. The first kappa shape index (κ1) is 23.2.